The van der Waals surface area contributed by atoms with Gasteiger partial charge in [0.15, 0.2) is 6.10 Å². The number of carboxylic acids is 1. The van der Waals surface area contributed by atoms with Crippen molar-refractivity contribution in [3.63, 3.8) is 0 Å². The maximum absolute atomic E-state index is 12.6. The van der Waals surface area contributed by atoms with E-state index in [1.165, 1.54) is 7.11 Å². The van der Waals surface area contributed by atoms with Crippen LogP contribution in [-0.2, 0) is 14.3 Å². The molecule has 35 heavy (non-hydrogen) atoms. The summed E-state index contributed by atoms with van der Waals surface area (Å²) in [4.78, 5) is 35.9. The van der Waals surface area contributed by atoms with Crippen molar-refractivity contribution >= 4 is 23.7 Å². The van der Waals surface area contributed by atoms with Crippen molar-refractivity contribution in [2.24, 2.45) is 0 Å². The largest absolute Gasteiger partial charge is 0.479 e. The summed E-state index contributed by atoms with van der Waals surface area (Å²) in [5, 5.41) is 14.3. The van der Waals surface area contributed by atoms with Crippen LogP contribution in [0, 0.1) is 6.92 Å². The first-order valence-electron chi connectivity index (χ1n) is 11.2. The molecule has 1 aliphatic carbocycles. The Morgan fingerprint density at radius 3 is 2.17 bits per heavy atom. The SMILES string of the molecule is COC(CNC(=O)c1ccc(NC(=O)OCC2c3ccccc3-c3ccccc32)c(C)c1)C(=O)O. The van der Waals surface area contributed by atoms with Crippen LogP contribution in [0.2, 0.25) is 0 Å². The Morgan fingerprint density at radius 2 is 1.60 bits per heavy atom. The van der Waals surface area contributed by atoms with Crippen molar-refractivity contribution in [3.8, 4) is 11.1 Å². The highest BCUT2D eigenvalue weighted by Gasteiger charge is 2.29. The fraction of sp³-hybridized carbons (Fsp3) is 0.222. The first-order valence-corrected chi connectivity index (χ1v) is 11.2. The molecule has 0 spiro atoms. The Bertz CT molecular complexity index is 1230. The van der Waals surface area contributed by atoms with E-state index in [1.807, 2.05) is 24.3 Å². The van der Waals surface area contributed by atoms with Gasteiger partial charge in [-0.05, 0) is 52.9 Å². The minimum absolute atomic E-state index is 0.0398. The molecular formula is C27H26N2O6. The number of carbonyl (C=O) groups is 3. The summed E-state index contributed by atoms with van der Waals surface area (Å²) in [7, 11) is 1.26. The summed E-state index contributed by atoms with van der Waals surface area (Å²) in [6, 6.07) is 21.0. The molecule has 1 aliphatic rings. The van der Waals surface area contributed by atoms with E-state index in [2.05, 4.69) is 34.9 Å². The predicted octanol–water partition coefficient (Wildman–Crippen LogP) is 4.19. The van der Waals surface area contributed by atoms with Gasteiger partial charge in [0, 0.05) is 24.3 Å². The average molecular weight is 475 g/mol. The van der Waals surface area contributed by atoms with E-state index in [0.29, 0.717) is 16.8 Å². The number of methoxy groups -OCH3 is 1. The Labute approximate surface area is 202 Å². The number of nitrogens with one attached hydrogen (secondary N) is 2. The van der Waals surface area contributed by atoms with Crippen LogP contribution in [0.4, 0.5) is 10.5 Å². The van der Waals surface area contributed by atoms with E-state index >= 15 is 0 Å². The molecule has 0 bridgehead atoms. The van der Waals surface area contributed by atoms with Crippen molar-refractivity contribution in [2.45, 2.75) is 18.9 Å². The summed E-state index contributed by atoms with van der Waals surface area (Å²) in [5.74, 6) is -1.64. The number of aliphatic carboxylic acids is 1. The number of ether oxygens (including phenoxy) is 2. The lowest BCUT2D eigenvalue weighted by molar-refractivity contribution is -0.148. The summed E-state index contributed by atoms with van der Waals surface area (Å²) < 4.78 is 10.4. The molecule has 0 aromatic heterocycles. The number of carboxylic acid groups (broad SMARTS) is 1. The molecule has 8 nitrogen and oxygen atoms in total. The minimum Gasteiger partial charge on any atom is -0.479 e. The van der Waals surface area contributed by atoms with Crippen LogP contribution in [0.1, 0.15) is 33.0 Å². The van der Waals surface area contributed by atoms with Gasteiger partial charge in [0.05, 0.1) is 6.54 Å². The predicted molar refractivity (Wildman–Crippen MR) is 131 cm³/mol. The second kappa shape index (κ2) is 10.4. The Morgan fingerprint density at radius 1 is 0.971 bits per heavy atom. The Kier molecular flexibility index (Phi) is 7.12. The van der Waals surface area contributed by atoms with Gasteiger partial charge >= 0.3 is 12.1 Å². The molecule has 180 valence electrons. The highest BCUT2D eigenvalue weighted by molar-refractivity contribution is 5.96. The number of fused-ring (bicyclic) bond motifs is 3. The number of anilines is 1. The second-order valence-corrected chi connectivity index (χ2v) is 8.25. The molecule has 1 atom stereocenters. The second-order valence-electron chi connectivity index (χ2n) is 8.25. The molecule has 3 N–H and O–H groups in total. The molecule has 0 saturated heterocycles. The van der Waals surface area contributed by atoms with E-state index in [9.17, 15) is 14.4 Å². The van der Waals surface area contributed by atoms with Crippen LogP contribution >= 0.6 is 0 Å². The van der Waals surface area contributed by atoms with Gasteiger partial charge in [0.1, 0.15) is 6.61 Å². The molecule has 0 fully saturated rings. The first kappa shape index (κ1) is 24.0. The highest BCUT2D eigenvalue weighted by atomic mass is 16.5. The van der Waals surface area contributed by atoms with Gasteiger partial charge in [-0.25, -0.2) is 9.59 Å². The summed E-state index contributed by atoms with van der Waals surface area (Å²) in [6.07, 6.45) is -1.72. The molecule has 0 heterocycles. The van der Waals surface area contributed by atoms with Crippen molar-refractivity contribution in [3.05, 3.63) is 89.0 Å². The van der Waals surface area contributed by atoms with Crippen LogP contribution in [0.3, 0.4) is 0 Å². The lowest BCUT2D eigenvalue weighted by atomic mass is 9.98. The van der Waals surface area contributed by atoms with Crippen LogP contribution in [0.25, 0.3) is 11.1 Å². The molecule has 0 aliphatic heterocycles. The lowest BCUT2D eigenvalue weighted by Crippen LogP contribution is -2.37. The summed E-state index contributed by atoms with van der Waals surface area (Å²) in [6.45, 7) is 1.79. The maximum Gasteiger partial charge on any atom is 0.411 e. The van der Waals surface area contributed by atoms with Crippen LogP contribution in [0.5, 0.6) is 0 Å². The average Bonchev–Trinajstić information content (AvgIpc) is 3.17. The summed E-state index contributed by atoms with van der Waals surface area (Å²) in [5.41, 5.74) is 6.08. The normalized spacial score (nSPS) is 12.9. The fourth-order valence-electron chi connectivity index (χ4n) is 4.25. The number of benzene rings is 3. The zero-order valence-corrected chi connectivity index (χ0v) is 19.4. The van der Waals surface area contributed by atoms with Gasteiger partial charge in [-0.2, -0.15) is 0 Å². The number of carbonyl (C=O) groups excluding carboxylic acids is 2. The van der Waals surface area contributed by atoms with Gasteiger partial charge < -0.3 is 19.9 Å². The minimum atomic E-state index is -1.16. The molecule has 1 unspecified atom stereocenters. The van der Waals surface area contributed by atoms with Gasteiger partial charge in [-0.3, -0.25) is 10.1 Å². The molecule has 2 amide bonds. The quantitative estimate of drug-likeness (QED) is 0.451. The van der Waals surface area contributed by atoms with Crippen molar-refractivity contribution in [1.82, 2.24) is 5.32 Å². The maximum atomic E-state index is 12.6. The van der Waals surface area contributed by atoms with Crippen LogP contribution < -0.4 is 10.6 Å². The van der Waals surface area contributed by atoms with Crippen molar-refractivity contribution in [1.29, 1.82) is 0 Å². The number of aryl methyl sites for hydroxylation is 1. The fourth-order valence-corrected chi connectivity index (χ4v) is 4.25. The zero-order chi connectivity index (χ0) is 24.9. The molecule has 3 aromatic rings. The van der Waals surface area contributed by atoms with E-state index in [1.54, 1.807) is 25.1 Å². The first-order chi connectivity index (χ1) is 16.9. The third kappa shape index (κ3) is 5.17. The van der Waals surface area contributed by atoms with Gasteiger partial charge in [-0.1, -0.05) is 48.5 Å². The molecule has 0 saturated carbocycles. The molecule has 0 radical (unpaired) electrons. The van der Waals surface area contributed by atoms with Crippen LogP contribution in [-0.4, -0.2) is 49.4 Å². The Balaban J connectivity index is 1.37. The topological polar surface area (TPSA) is 114 Å². The highest BCUT2D eigenvalue weighted by Crippen LogP contribution is 2.44. The van der Waals surface area contributed by atoms with Gasteiger partial charge in [-0.15, -0.1) is 0 Å². The van der Waals surface area contributed by atoms with Gasteiger partial charge in [0.2, 0.25) is 0 Å². The summed E-state index contributed by atoms with van der Waals surface area (Å²) >= 11 is 0. The molecular weight excluding hydrogens is 448 g/mol. The number of amides is 2. The number of hydrogen-bond donors (Lipinski definition) is 3. The van der Waals surface area contributed by atoms with Crippen molar-refractivity contribution < 1.29 is 29.0 Å². The molecule has 4 rings (SSSR count). The van der Waals surface area contributed by atoms with Crippen LogP contribution in [0.15, 0.2) is 66.7 Å². The third-order valence-electron chi connectivity index (χ3n) is 6.08. The van der Waals surface area contributed by atoms with E-state index in [4.69, 9.17) is 14.6 Å². The monoisotopic (exact) mass is 474 g/mol. The van der Waals surface area contributed by atoms with E-state index in [-0.39, 0.29) is 19.1 Å². The number of hydrogen-bond acceptors (Lipinski definition) is 5. The van der Waals surface area contributed by atoms with Gasteiger partial charge in [0.25, 0.3) is 5.91 Å². The van der Waals surface area contributed by atoms with E-state index < -0.39 is 24.1 Å². The smallest absolute Gasteiger partial charge is 0.411 e. The zero-order valence-electron chi connectivity index (χ0n) is 19.4. The third-order valence-corrected chi connectivity index (χ3v) is 6.08. The molecule has 3 aromatic carbocycles. The standard InChI is InChI=1S/C27H26N2O6/c1-16-13-17(25(30)28-14-24(34-2)26(31)32)11-12-23(16)29-27(33)35-15-22-20-9-5-3-7-18(20)19-8-4-6-10-21(19)22/h3-13,22,24H,14-15H2,1-2H3,(H,28,30)(H,29,33)(H,31,32). The van der Waals surface area contributed by atoms with Crippen molar-refractivity contribution in [2.75, 3.05) is 25.6 Å². The number of rotatable bonds is 8. The molecule has 8 heteroatoms. The van der Waals surface area contributed by atoms with E-state index in [0.717, 1.165) is 22.3 Å². The Hall–Kier alpha value is -4.17. The lowest BCUT2D eigenvalue weighted by Gasteiger charge is -2.16.